The second-order valence-corrected chi connectivity index (χ2v) is 6.74. The monoisotopic (exact) mass is 416 g/mol. The van der Waals surface area contributed by atoms with Gasteiger partial charge in [0.2, 0.25) is 11.8 Å². The Morgan fingerprint density at radius 2 is 1.77 bits per heavy atom. The molecule has 134 valence electrons. The number of nitrogens with one attached hydrogen (secondary N) is 1. The lowest BCUT2D eigenvalue weighted by atomic mass is 10.1. The highest BCUT2D eigenvalue weighted by Crippen LogP contribution is 2.27. The molecule has 0 aliphatic rings. The molecule has 0 saturated heterocycles. The molecule has 0 amide bonds. The normalized spacial score (nSPS) is 13.3. The lowest BCUT2D eigenvalue weighted by Crippen LogP contribution is -2.23. The highest BCUT2D eigenvalue weighted by atomic mass is 79.9. The average Bonchev–Trinajstić information content (AvgIpc) is 3.12. The number of nitro benzene ring substituents is 1. The van der Waals surface area contributed by atoms with E-state index < -0.39 is 4.92 Å². The second kappa shape index (κ2) is 7.76. The van der Waals surface area contributed by atoms with Gasteiger partial charge in [0.1, 0.15) is 0 Å². The van der Waals surface area contributed by atoms with Gasteiger partial charge in [-0.1, -0.05) is 34.1 Å². The van der Waals surface area contributed by atoms with E-state index in [0.29, 0.717) is 17.3 Å². The van der Waals surface area contributed by atoms with E-state index in [1.165, 1.54) is 12.1 Å². The number of non-ortho nitro benzene ring substituents is 1. The maximum atomic E-state index is 10.7. The Hall–Kier alpha value is -2.58. The molecule has 3 aromatic rings. The molecule has 0 aliphatic carbocycles. The van der Waals surface area contributed by atoms with Gasteiger partial charge in [-0.15, -0.1) is 10.2 Å². The Morgan fingerprint density at radius 1 is 1.08 bits per heavy atom. The standard InChI is InChI=1S/C18H17BrN4O3/c1-11(15-5-3-4-6-16(15)19)20-12(2)17-21-22-18(26-17)13-7-9-14(10-8-13)23(24)25/h3-12,20H,1-2H3. The average molecular weight is 417 g/mol. The van der Waals surface area contributed by atoms with Crippen molar-refractivity contribution in [2.75, 3.05) is 0 Å². The Balaban J connectivity index is 1.72. The number of nitro groups is 1. The van der Waals surface area contributed by atoms with E-state index >= 15 is 0 Å². The third-order valence-corrected chi connectivity index (χ3v) is 4.73. The summed E-state index contributed by atoms with van der Waals surface area (Å²) in [4.78, 5) is 10.3. The zero-order chi connectivity index (χ0) is 18.7. The van der Waals surface area contributed by atoms with Crippen molar-refractivity contribution in [3.8, 4) is 11.5 Å². The summed E-state index contributed by atoms with van der Waals surface area (Å²) >= 11 is 3.55. The van der Waals surface area contributed by atoms with E-state index in [1.54, 1.807) is 12.1 Å². The first-order valence-corrected chi connectivity index (χ1v) is 8.83. The Kier molecular flexibility index (Phi) is 5.43. The SMILES string of the molecule is CC(NC(C)c1ccccc1Br)c1nnc(-c2ccc([N+](=O)[O-])cc2)o1. The molecule has 0 spiro atoms. The van der Waals surface area contributed by atoms with Gasteiger partial charge < -0.3 is 4.42 Å². The van der Waals surface area contributed by atoms with Crippen molar-refractivity contribution in [3.63, 3.8) is 0 Å². The first-order chi connectivity index (χ1) is 12.5. The van der Waals surface area contributed by atoms with E-state index in [1.807, 2.05) is 31.2 Å². The van der Waals surface area contributed by atoms with Crippen molar-refractivity contribution < 1.29 is 9.34 Å². The van der Waals surface area contributed by atoms with Crippen LogP contribution in [0, 0.1) is 10.1 Å². The van der Waals surface area contributed by atoms with E-state index in [9.17, 15) is 10.1 Å². The van der Waals surface area contributed by atoms with Crippen LogP contribution in [0.4, 0.5) is 5.69 Å². The van der Waals surface area contributed by atoms with Crippen molar-refractivity contribution in [3.05, 3.63) is 74.6 Å². The molecule has 1 aromatic heterocycles. The molecule has 2 atom stereocenters. The van der Waals surface area contributed by atoms with Gasteiger partial charge in [0.25, 0.3) is 5.69 Å². The minimum absolute atomic E-state index is 0.0192. The first kappa shape index (κ1) is 18.2. The fourth-order valence-electron chi connectivity index (χ4n) is 2.61. The van der Waals surface area contributed by atoms with Gasteiger partial charge in [0.15, 0.2) is 0 Å². The van der Waals surface area contributed by atoms with Gasteiger partial charge in [-0.25, -0.2) is 0 Å². The number of hydrogen-bond donors (Lipinski definition) is 1. The van der Waals surface area contributed by atoms with Crippen LogP contribution in [-0.2, 0) is 0 Å². The van der Waals surface area contributed by atoms with Gasteiger partial charge in [-0.3, -0.25) is 15.4 Å². The molecule has 2 unspecified atom stereocenters. The third kappa shape index (κ3) is 3.97. The van der Waals surface area contributed by atoms with Crippen LogP contribution in [0.3, 0.4) is 0 Å². The van der Waals surface area contributed by atoms with Gasteiger partial charge >= 0.3 is 0 Å². The Morgan fingerprint density at radius 3 is 2.42 bits per heavy atom. The van der Waals surface area contributed by atoms with Crippen LogP contribution in [0.25, 0.3) is 11.5 Å². The Labute approximate surface area is 158 Å². The molecule has 0 aliphatic heterocycles. The Bertz CT molecular complexity index is 911. The van der Waals surface area contributed by atoms with E-state index in [0.717, 1.165) is 10.0 Å². The van der Waals surface area contributed by atoms with E-state index in [2.05, 4.69) is 38.4 Å². The fourth-order valence-corrected chi connectivity index (χ4v) is 3.24. The molecule has 7 nitrogen and oxygen atoms in total. The maximum Gasteiger partial charge on any atom is 0.269 e. The molecule has 0 saturated carbocycles. The van der Waals surface area contributed by atoms with Crippen LogP contribution in [0.15, 0.2) is 57.4 Å². The number of hydrogen-bond acceptors (Lipinski definition) is 6. The molecule has 0 fully saturated rings. The van der Waals surface area contributed by atoms with Gasteiger partial charge in [-0.05, 0) is 37.6 Å². The number of aromatic nitrogens is 2. The van der Waals surface area contributed by atoms with Crippen LogP contribution >= 0.6 is 15.9 Å². The molecule has 0 radical (unpaired) electrons. The molecule has 1 heterocycles. The van der Waals surface area contributed by atoms with Crippen LogP contribution < -0.4 is 5.32 Å². The van der Waals surface area contributed by atoms with Crippen LogP contribution in [-0.4, -0.2) is 15.1 Å². The smallest absolute Gasteiger partial charge is 0.269 e. The minimum atomic E-state index is -0.446. The van der Waals surface area contributed by atoms with Crippen molar-refractivity contribution >= 4 is 21.6 Å². The summed E-state index contributed by atoms with van der Waals surface area (Å²) < 4.78 is 6.76. The molecular weight excluding hydrogens is 400 g/mol. The van der Waals surface area contributed by atoms with Gasteiger partial charge in [-0.2, -0.15) is 0 Å². The quantitative estimate of drug-likeness (QED) is 0.457. The lowest BCUT2D eigenvalue weighted by Gasteiger charge is -2.19. The first-order valence-electron chi connectivity index (χ1n) is 8.04. The van der Waals surface area contributed by atoms with Crippen LogP contribution in [0.5, 0.6) is 0 Å². The van der Waals surface area contributed by atoms with Crippen molar-refractivity contribution in [1.82, 2.24) is 15.5 Å². The summed E-state index contributed by atoms with van der Waals surface area (Å²) in [6, 6.07) is 13.9. The summed E-state index contributed by atoms with van der Waals surface area (Å²) in [7, 11) is 0. The zero-order valence-electron chi connectivity index (χ0n) is 14.2. The zero-order valence-corrected chi connectivity index (χ0v) is 15.8. The van der Waals surface area contributed by atoms with Gasteiger partial charge in [0.05, 0.1) is 11.0 Å². The molecular formula is C18H17BrN4O3. The molecule has 8 heteroatoms. The summed E-state index contributed by atoms with van der Waals surface area (Å²) in [5, 5.41) is 22.3. The third-order valence-electron chi connectivity index (χ3n) is 4.01. The fraction of sp³-hybridized carbons (Fsp3) is 0.222. The summed E-state index contributed by atoms with van der Waals surface area (Å²) in [5.41, 5.74) is 1.79. The summed E-state index contributed by atoms with van der Waals surface area (Å²) in [5.74, 6) is 0.786. The number of halogens is 1. The maximum absolute atomic E-state index is 10.7. The van der Waals surface area contributed by atoms with E-state index in [-0.39, 0.29) is 17.8 Å². The number of rotatable bonds is 6. The van der Waals surface area contributed by atoms with Crippen molar-refractivity contribution in [1.29, 1.82) is 0 Å². The number of benzene rings is 2. The van der Waals surface area contributed by atoms with Crippen molar-refractivity contribution in [2.45, 2.75) is 25.9 Å². The van der Waals surface area contributed by atoms with Crippen LogP contribution in [0.2, 0.25) is 0 Å². The predicted molar refractivity (Wildman–Crippen MR) is 100 cm³/mol. The lowest BCUT2D eigenvalue weighted by molar-refractivity contribution is -0.384. The second-order valence-electron chi connectivity index (χ2n) is 5.88. The predicted octanol–water partition coefficient (Wildman–Crippen LogP) is 4.82. The van der Waals surface area contributed by atoms with Gasteiger partial charge in [0, 0.05) is 28.2 Å². The summed E-state index contributed by atoms with van der Waals surface area (Å²) in [6.45, 7) is 4.00. The topological polar surface area (TPSA) is 94.1 Å². The summed E-state index contributed by atoms with van der Waals surface area (Å²) in [6.07, 6.45) is 0. The molecule has 0 bridgehead atoms. The van der Waals surface area contributed by atoms with E-state index in [4.69, 9.17) is 4.42 Å². The highest BCUT2D eigenvalue weighted by Gasteiger charge is 2.19. The molecule has 3 rings (SSSR count). The largest absolute Gasteiger partial charge is 0.419 e. The molecule has 2 aromatic carbocycles. The minimum Gasteiger partial charge on any atom is -0.419 e. The van der Waals surface area contributed by atoms with Crippen molar-refractivity contribution in [2.24, 2.45) is 0 Å². The van der Waals surface area contributed by atoms with Crippen LogP contribution in [0.1, 0.15) is 37.4 Å². The number of nitrogens with zero attached hydrogens (tertiary/aromatic N) is 3. The molecule has 26 heavy (non-hydrogen) atoms. The molecule has 1 N–H and O–H groups in total. The highest BCUT2D eigenvalue weighted by molar-refractivity contribution is 9.10.